The van der Waals surface area contributed by atoms with E-state index in [-0.39, 0.29) is 28.8 Å². The van der Waals surface area contributed by atoms with Gasteiger partial charge in [0.2, 0.25) is 5.91 Å². The van der Waals surface area contributed by atoms with E-state index in [1.165, 1.54) is 12.1 Å². The fourth-order valence-corrected chi connectivity index (χ4v) is 2.05. The lowest BCUT2D eigenvalue weighted by Gasteiger charge is -2.24. The van der Waals surface area contributed by atoms with E-state index >= 15 is 0 Å². The van der Waals surface area contributed by atoms with Gasteiger partial charge in [0.1, 0.15) is 5.75 Å². The predicted molar refractivity (Wildman–Crippen MR) is 75.3 cm³/mol. The van der Waals surface area contributed by atoms with Crippen molar-refractivity contribution in [3.8, 4) is 5.75 Å². The van der Waals surface area contributed by atoms with Crippen LogP contribution in [-0.2, 0) is 9.53 Å². The third-order valence-electron chi connectivity index (χ3n) is 3.53. The third-order valence-corrected chi connectivity index (χ3v) is 3.53. The van der Waals surface area contributed by atoms with Crippen molar-refractivity contribution >= 4 is 17.6 Å². The average Bonchev–Trinajstić information content (AvgIpc) is 2.42. The lowest BCUT2D eigenvalue weighted by atomic mass is 9.85. The molecule has 1 fully saturated rings. The molecule has 1 amide bonds. The Morgan fingerprint density at radius 1 is 1.30 bits per heavy atom. The fraction of sp³-hybridized carbons (Fsp3) is 0.467. The van der Waals surface area contributed by atoms with Crippen LogP contribution in [-0.4, -0.2) is 31.8 Å². The van der Waals surface area contributed by atoms with Gasteiger partial charge in [0, 0.05) is 5.92 Å². The van der Waals surface area contributed by atoms with E-state index in [2.05, 4.69) is 10.1 Å². The number of ether oxygens (including phenoxy) is 2. The number of carbonyl (C=O) groups is 2. The molecule has 0 atom stereocenters. The first-order chi connectivity index (χ1) is 10.8. The number of hydrogen-bond acceptors (Lipinski definition) is 4. The molecule has 0 heterocycles. The summed E-state index contributed by atoms with van der Waals surface area (Å²) in [7, 11) is 1.16. The maximum Gasteiger partial charge on any atom is 0.422 e. The molecule has 126 valence electrons. The van der Waals surface area contributed by atoms with Gasteiger partial charge in [-0.15, -0.1) is 0 Å². The van der Waals surface area contributed by atoms with Crippen LogP contribution in [0.1, 0.15) is 29.6 Å². The summed E-state index contributed by atoms with van der Waals surface area (Å²) in [6.07, 6.45) is -2.07. The molecule has 5 nitrogen and oxygen atoms in total. The zero-order chi connectivity index (χ0) is 17.0. The molecule has 0 aromatic heterocycles. The summed E-state index contributed by atoms with van der Waals surface area (Å²) in [4.78, 5) is 23.4. The van der Waals surface area contributed by atoms with Crippen LogP contribution in [0.5, 0.6) is 5.75 Å². The predicted octanol–water partition coefficient (Wildman–Crippen LogP) is 3.15. The van der Waals surface area contributed by atoms with Gasteiger partial charge in [0.15, 0.2) is 6.61 Å². The number of rotatable bonds is 5. The highest BCUT2D eigenvalue weighted by molar-refractivity contribution is 5.96. The van der Waals surface area contributed by atoms with Gasteiger partial charge in [-0.3, -0.25) is 4.79 Å². The van der Waals surface area contributed by atoms with Crippen molar-refractivity contribution in [2.24, 2.45) is 5.92 Å². The van der Waals surface area contributed by atoms with Crippen molar-refractivity contribution in [1.82, 2.24) is 0 Å². The molecule has 0 aliphatic heterocycles. The van der Waals surface area contributed by atoms with E-state index in [0.29, 0.717) is 0 Å². The number of anilines is 1. The number of hydrogen-bond donors (Lipinski definition) is 1. The number of carbonyl (C=O) groups excluding carboxylic acids is 2. The Kier molecular flexibility index (Phi) is 5.12. The Morgan fingerprint density at radius 3 is 2.52 bits per heavy atom. The summed E-state index contributed by atoms with van der Waals surface area (Å²) in [6, 6.07) is 3.80. The lowest BCUT2D eigenvalue weighted by molar-refractivity contribution is -0.153. The highest BCUT2D eigenvalue weighted by Gasteiger charge is 2.30. The van der Waals surface area contributed by atoms with Crippen LogP contribution in [0.4, 0.5) is 18.9 Å². The SMILES string of the molecule is COC(=O)c1ccc(NC(=O)C2CCC2)c(OCC(F)(F)F)c1. The van der Waals surface area contributed by atoms with E-state index in [9.17, 15) is 22.8 Å². The number of amides is 1. The van der Waals surface area contributed by atoms with Crippen LogP contribution < -0.4 is 10.1 Å². The zero-order valence-corrected chi connectivity index (χ0v) is 12.4. The van der Waals surface area contributed by atoms with E-state index in [4.69, 9.17) is 4.74 Å². The number of benzene rings is 1. The Bertz CT molecular complexity index is 597. The molecule has 1 saturated carbocycles. The maximum atomic E-state index is 12.3. The van der Waals surface area contributed by atoms with Crippen LogP contribution in [0.25, 0.3) is 0 Å². The number of methoxy groups -OCH3 is 1. The smallest absolute Gasteiger partial charge is 0.422 e. The first kappa shape index (κ1) is 17.1. The summed E-state index contributed by atoms with van der Waals surface area (Å²) in [5, 5.41) is 2.55. The Balaban J connectivity index is 2.20. The van der Waals surface area contributed by atoms with Gasteiger partial charge in [-0.1, -0.05) is 6.42 Å². The summed E-state index contributed by atoms with van der Waals surface area (Å²) >= 11 is 0. The third kappa shape index (κ3) is 4.61. The number of nitrogens with one attached hydrogen (secondary N) is 1. The fourth-order valence-electron chi connectivity index (χ4n) is 2.05. The van der Waals surface area contributed by atoms with Crippen LogP contribution in [0.15, 0.2) is 18.2 Å². The average molecular weight is 331 g/mol. The minimum atomic E-state index is -4.53. The largest absolute Gasteiger partial charge is 0.482 e. The number of alkyl halides is 3. The van der Waals surface area contributed by atoms with Gasteiger partial charge in [-0.25, -0.2) is 4.79 Å². The molecule has 1 N–H and O–H groups in total. The van der Waals surface area contributed by atoms with Gasteiger partial charge in [0.05, 0.1) is 18.4 Å². The molecular formula is C15H16F3NO4. The molecule has 8 heteroatoms. The molecule has 23 heavy (non-hydrogen) atoms. The highest BCUT2D eigenvalue weighted by atomic mass is 19.4. The van der Waals surface area contributed by atoms with Crippen molar-refractivity contribution in [2.75, 3.05) is 19.0 Å². The number of esters is 1. The van der Waals surface area contributed by atoms with Gasteiger partial charge >= 0.3 is 12.1 Å². The van der Waals surface area contributed by atoms with E-state index < -0.39 is 18.8 Å². The molecule has 1 aromatic carbocycles. The number of halogens is 3. The van der Waals surface area contributed by atoms with Crippen LogP contribution in [0.3, 0.4) is 0 Å². The van der Waals surface area contributed by atoms with Crippen molar-refractivity contribution in [1.29, 1.82) is 0 Å². The summed E-state index contributed by atoms with van der Waals surface area (Å²) in [5.41, 5.74) is 0.130. The Morgan fingerprint density at radius 2 is 2.00 bits per heavy atom. The summed E-state index contributed by atoms with van der Waals surface area (Å²) in [5.74, 6) is -1.33. The van der Waals surface area contributed by atoms with Gasteiger partial charge in [-0.2, -0.15) is 13.2 Å². The molecule has 1 aliphatic carbocycles. The van der Waals surface area contributed by atoms with E-state index in [1.54, 1.807) is 0 Å². The van der Waals surface area contributed by atoms with Crippen molar-refractivity contribution < 1.29 is 32.2 Å². The molecular weight excluding hydrogens is 315 g/mol. The second-order valence-electron chi connectivity index (χ2n) is 5.22. The summed E-state index contributed by atoms with van der Waals surface area (Å²) < 4.78 is 46.3. The lowest BCUT2D eigenvalue weighted by Crippen LogP contribution is -2.28. The van der Waals surface area contributed by atoms with Gasteiger partial charge < -0.3 is 14.8 Å². The molecule has 1 aromatic rings. The van der Waals surface area contributed by atoms with Gasteiger partial charge in [-0.05, 0) is 31.0 Å². The van der Waals surface area contributed by atoms with Crippen LogP contribution in [0.2, 0.25) is 0 Å². The molecule has 0 saturated heterocycles. The van der Waals surface area contributed by atoms with E-state index in [1.807, 2.05) is 0 Å². The molecule has 0 radical (unpaired) electrons. The molecule has 0 spiro atoms. The second-order valence-corrected chi connectivity index (χ2v) is 5.22. The Labute approximate surface area is 130 Å². The topological polar surface area (TPSA) is 64.6 Å². The standard InChI is InChI=1S/C15H16F3NO4/c1-22-14(21)10-5-6-11(19-13(20)9-3-2-4-9)12(7-10)23-8-15(16,17)18/h5-7,9H,2-4,8H2,1H3,(H,19,20). The quantitative estimate of drug-likeness (QED) is 0.842. The van der Waals surface area contributed by atoms with Crippen LogP contribution in [0, 0.1) is 5.92 Å². The molecule has 1 aliphatic rings. The van der Waals surface area contributed by atoms with Crippen molar-refractivity contribution in [3.05, 3.63) is 23.8 Å². The Hall–Kier alpha value is -2.25. The monoisotopic (exact) mass is 331 g/mol. The molecule has 0 unspecified atom stereocenters. The summed E-state index contributed by atoms with van der Waals surface area (Å²) in [6.45, 7) is -1.52. The molecule has 2 rings (SSSR count). The zero-order valence-electron chi connectivity index (χ0n) is 12.4. The maximum absolute atomic E-state index is 12.3. The molecule has 0 bridgehead atoms. The highest BCUT2D eigenvalue weighted by Crippen LogP contribution is 2.32. The normalized spacial score (nSPS) is 14.8. The van der Waals surface area contributed by atoms with E-state index in [0.717, 1.165) is 32.4 Å². The van der Waals surface area contributed by atoms with Crippen molar-refractivity contribution in [2.45, 2.75) is 25.4 Å². The first-order valence-corrected chi connectivity index (χ1v) is 7.03. The minimum Gasteiger partial charge on any atom is -0.482 e. The first-order valence-electron chi connectivity index (χ1n) is 7.03. The van der Waals surface area contributed by atoms with Gasteiger partial charge in [0.25, 0.3) is 0 Å². The van der Waals surface area contributed by atoms with Crippen LogP contribution >= 0.6 is 0 Å². The second kappa shape index (κ2) is 6.89. The minimum absolute atomic E-state index is 0.0336. The van der Waals surface area contributed by atoms with Crippen molar-refractivity contribution in [3.63, 3.8) is 0 Å².